The molecule has 1 saturated heterocycles. The molecule has 0 aromatic rings. The highest BCUT2D eigenvalue weighted by atomic mass is 16.6. The fourth-order valence-corrected chi connectivity index (χ4v) is 9.12. The number of hydrogen-bond acceptors (Lipinski definition) is 7. The van der Waals surface area contributed by atoms with Crippen molar-refractivity contribution in [3.8, 4) is 0 Å². The molecule has 0 spiro atoms. The van der Waals surface area contributed by atoms with E-state index in [1.165, 1.54) is 12.0 Å². The van der Waals surface area contributed by atoms with Crippen LogP contribution in [0.1, 0.15) is 85.5 Å². The van der Waals surface area contributed by atoms with Gasteiger partial charge in [0.05, 0.1) is 25.4 Å². The van der Waals surface area contributed by atoms with Gasteiger partial charge >= 0.3 is 0 Å². The predicted octanol–water partition coefficient (Wildman–Crippen LogP) is 3.66. The van der Waals surface area contributed by atoms with E-state index in [-0.39, 0.29) is 23.9 Å². The molecule has 7 nitrogen and oxygen atoms in total. The van der Waals surface area contributed by atoms with Gasteiger partial charge in [-0.05, 0) is 91.1 Å². The second kappa shape index (κ2) is 12.7. The highest BCUT2D eigenvalue weighted by molar-refractivity contribution is 5.38. The zero-order valence-electron chi connectivity index (χ0n) is 25.0. The number of allylic oxidation sites excluding steroid dienone is 3. The van der Waals surface area contributed by atoms with E-state index in [1.807, 2.05) is 0 Å². The van der Waals surface area contributed by atoms with Crippen molar-refractivity contribution in [1.82, 2.24) is 0 Å². The molecular formula is C33H54O7. The Labute approximate surface area is 240 Å². The summed E-state index contributed by atoms with van der Waals surface area (Å²) in [6, 6.07) is 0. The van der Waals surface area contributed by atoms with Crippen LogP contribution >= 0.6 is 0 Å². The molecule has 7 heteroatoms. The fourth-order valence-electron chi connectivity index (χ4n) is 9.12. The Morgan fingerprint density at radius 3 is 2.42 bits per heavy atom. The SMILES string of the molecule is C=C1/C(=C\C=C2CCC[C@@]3(C)C2CC[C@@H]3[C@H](C)CCC(C(C)C)C2([C@H](O)CO)OC[C@@H](O)[C@H]2O)C[C@@H](O)C[C@H]1O. The molecule has 1 heterocycles. The Bertz CT molecular complexity index is 958. The third-order valence-electron chi connectivity index (χ3n) is 11.3. The molecular weight excluding hydrogens is 508 g/mol. The summed E-state index contributed by atoms with van der Waals surface area (Å²) in [4.78, 5) is 0. The van der Waals surface area contributed by atoms with Crippen molar-refractivity contribution in [2.24, 2.45) is 35.0 Å². The van der Waals surface area contributed by atoms with Crippen LogP contribution in [0.5, 0.6) is 0 Å². The van der Waals surface area contributed by atoms with Crippen LogP contribution in [0.2, 0.25) is 0 Å². The largest absolute Gasteiger partial charge is 0.394 e. The smallest absolute Gasteiger partial charge is 0.128 e. The van der Waals surface area contributed by atoms with Crippen LogP contribution in [0.4, 0.5) is 0 Å². The number of rotatable bonds is 9. The van der Waals surface area contributed by atoms with Crippen LogP contribution in [0.25, 0.3) is 0 Å². The minimum atomic E-state index is -1.37. The van der Waals surface area contributed by atoms with Gasteiger partial charge in [0.1, 0.15) is 23.9 Å². The molecule has 228 valence electrons. The van der Waals surface area contributed by atoms with E-state index in [2.05, 4.69) is 46.4 Å². The molecule has 0 amide bonds. The number of aliphatic hydroxyl groups excluding tert-OH is 6. The first-order valence-corrected chi connectivity index (χ1v) is 15.6. The monoisotopic (exact) mass is 562 g/mol. The van der Waals surface area contributed by atoms with Crippen molar-refractivity contribution in [3.63, 3.8) is 0 Å². The zero-order chi connectivity index (χ0) is 29.4. The van der Waals surface area contributed by atoms with Gasteiger partial charge < -0.3 is 35.4 Å². The Hall–Kier alpha value is -1.06. The lowest BCUT2D eigenvalue weighted by Gasteiger charge is -2.46. The van der Waals surface area contributed by atoms with E-state index < -0.39 is 42.7 Å². The maximum absolute atomic E-state index is 10.9. The van der Waals surface area contributed by atoms with Gasteiger partial charge in [0.2, 0.25) is 0 Å². The standard InChI is InChI=1S/C33H54O7/c1-19(2)25(33(30(38)17-34)31(39)29(37)18-40-33)11-8-20(3)26-12-13-27-22(7-6-14-32(26,27)5)9-10-23-15-24(35)16-28(36)21(23)4/h9-10,19-20,24-31,34-39H,4,6-8,11-18H2,1-3,5H3/b22-9?,23-10-/t20-,24-,25?,26-,27?,28-,29-,30-,31-,32-,33?/m1/s1. The highest BCUT2D eigenvalue weighted by Gasteiger charge is 2.59. The first kappa shape index (κ1) is 31.9. The van der Waals surface area contributed by atoms with Crippen LogP contribution in [0, 0.1) is 35.0 Å². The van der Waals surface area contributed by atoms with Crippen molar-refractivity contribution >= 4 is 0 Å². The molecule has 0 aromatic heterocycles. The second-order valence-corrected chi connectivity index (χ2v) is 13.9. The quantitative estimate of drug-likeness (QED) is 0.253. The minimum absolute atomic E-state index is 0.0457. The van der Waals surface area contributed by atoms with Gasteiger partial charge in [-0.15, -0.1) is 0 Å². The summed E-state index contributed by atoms with van der Waals surface area (Å²) in [7, 11) is 0. The highest BCUT2D eigenvalue weighted by Crippen LogP contribution is 2.60. The Morgan fingerprint density at radius 1 is 1.07 bits per heavy atom. The Balaban J connectivity index is 1.49. The summed E-state index contributed by atoms with van der Waals surface area (Å²) < 4.78 is 5.96. The number of fused-ring (bicyclic) bond motifs is 1. The summed E-state index contributed by atoms with van der Waals surface area (Å²) in [5.41, 5.74) is 1.97. The first-order valence-electron chi connectivity index (χ1n) is 15.6. The van der Waals surface area contributed by atoms with Crippen molar-refractivity contribution in [2.75, 3.05) is 13.2 Å². The average Bonchev–Trinajstić information content (AvgIpc) is 3.42. The minimum Gasteiger partial charge on any atom is -0.394 e. The van der Waals surface area contributed by atoms with Gasteiger partial charge in [0.15, 0.2) is 0 Å². The summed E-state index contributed by atoms with van der Waals surface area (Å²) >= 11 is 0. The molecule has 0 aromatic carbocycles. The first-order chi connectivity index (χ1) is 18.9. The normalized spacial score (nSPS) is 42.9. The molecule has 3 aliphatic carbocycles. The van der Waals surface area contributed by atoms with E-state index in [9.17, 15) is 30.6 Å². The topological polar surface area (TPSA) is 131 Å². The van der Waals surface area contributed by atoms with Gasteiger partial charge in [0, 0.05) is 6.42 Å². The van der Waals surface area contributed by atoms with Crippen LogP contribution < -0.4 is 0 Å². The molecule has 3 saturated carbocycles. The lowest BCUT2D eigenvalue weighted by atomic mass is 9.60. The molecule has 3 unspecified atom stereocenters. The van der Waals surface area contributed by atoms with Gasteiger partial charge in [0.25, 0.3) is 0 Å². The lowest BCUT2D eigenvalue weighted by Crippen LogP contribution is -2.60. The Kier molecular flexibility index (Phi) is 10.1. The molecule has 40 heavy (non-hydrogen) atoms. The number of ether oxygens (including phenoxy) is 1. The zero-order valence-corrected chi connectivity index (χ0v) is 25.0. The van der Waals surface area contributed by atoms with E-state index in [4.69, 9.17) is 4.74 Å². The third-order valence-corrected chi connectivity index (χ3v) is 11.3. The van der Waals surface area contributed by atoms with Crippen molar-refractivity contribution in [3.05, 3.63) is 35.5 Å². The summed E-state index contributed by atoms with van der Waals surface area (Å²) in [6.45, 7) is 12.4. The van der Waals surface area contributed by atoms with Crippen LogP contribution in [-0.4, -0.2) is 80.0 Å². The van der Waals surface area contributed by atoms with Gasteiger partial charge in [-0.25, -0.2) is 0 Å². The second-order valence-electron chi connectivity index (χ2n) is 13.9. The summed E-state index contributed by atoms with van der Waals surface area (Å²) in [5, 5.41) is 62.3. The molecule has 6 N–H and O–H groups in total. The summed E-state index contributed by atoms with van der Waals surface area (Å²) in [6.07, 6.45) is 7.85. The molecule has 4 rings (SSSR count). The van der Waals surface area contributed by atoms with E-state index in [1.54, 1.807) is 0 Å². The van der Waals surface area contributed by atoms with E-state index in [0.29, 0.717) is 30.6 Å². The van der Waals surface area contributed by atoms with Crippen molar-refractivity contribution < 1.29 is 35.4 Å². The van der Waals surface area contributed by atoms with E-state index in [0.717, 1.165) is 49.7 Å². The molecule has 0 bridgehead atoms. The molecule has 4 fully saturated rings. The summed E-state index contributed by atoms with van der Waals surface area (Å²) in [5.74, 6) is 1.37. The molecule has 0 radical (unpaired) electrons. The van der Waals surface area contributed by atoms with Crippen LogP contribution in [0.15, 0.2) is 35.5 Å². The third kappa shape index (κ3) is 5.77. The maximum Gasteiger partial charge on any atom is 0.128 e. The number of aliphatic hydroxyl groups is 6. The Morgan fingerprint density at radius 2 is 1.80 bits per heavy atom. The van der Waals surface area contributed by atoms with Crippen molar-refractivity contribution in [1.29, 1.82) is 0 Å². The van der Waals surface area contributed by atoms with E-state index >= 15 is 0 Å². The van der Waals surface area contributed by atoms with Crippen molar-refractivity contribution in [2.45, 2.75) is 122 Å². The fraction of sp³-hybridized carbons (Fsp3) is 0.818. The number of hydrogen-bond donors (Lipinski definition) is 6. The van der Waals surface area contributed by atoms with Gasteiger partial charge in [-0.3, -0.25) is 0 Å². The maximum atomic E-state index is 10.9. The van der Waals surface area contributed by atoms with Crippen LogP contribution in [0.3, 0.4) is 0 Å². The molecule has 11 atom stereocenters. The predicted molar refractivity (Wildman–Crippen MR) is 155 cm³/mol. The lowest BCUT2D eigenvalue weighted by molar-refractivity contribution is -0.189. The molecule has 4 aliphatic rings. The van der Waals surface area contributed by atoms with Crippen LogP contribution in [-0.2, 0) is 4.74 Å². The van der Waals surface area contributed by atoms with Gasteiger partial charge in [-0.2, -0.15) is 0 Å². The molecule has 1 aliphatic heterocycles. The van der Waals surface area contributed by atoms with Gasteiger partial charge in [-0.1, -0.05) is 58.4 Å². The average molecular weight is 563 g/mol.